The van der Waals surface area contributed by atoms with Gasteiger partial charge < -0.3 is 14.9 Å². The predicted molar refractivity (Wildman–Crippen MR) is 98.7 cm³/mol. The molecular formula is C20H27FN2O4. The number of piperidine rings is 1. The highest BCUT2D eigenvalue weighted by molar-refractivity contribution is 5.94. The molecule has 148 valence electrons. The van der Waals surface area contributed by atoms with Crippen molar-refractivity contribution >= 4 is 17.8 Å². The molecule has 1 heterocycles. The fourth-order valence-corrected chi connectivity index (χ4v) is 3.36. The summed E-state index contributed by atoms with van der Waals surface area (Å²) in [6.07, 6.45) is 1.29. The van der Waals surface area contributed by atoms with Gasteiger partial charge in [-0.15, -0.1) is 0 Å². The number of carbonyl (C=O) groups excluding carboxylic acids is 2. The van der Waals surface area contributed by atoms with Crippen molar-refractivity contribution in [3.63, 3.8) is 0 Å². The Balaban J connectivity index is 2.05. The van der Waals surface area contributed by atoms with E-state index in [9.17, 15) is 18.8 Å². The smallest absolute Gasteiger partial charge is 0.305 e. The van der Waals surface area contributed by atoms with E-state index >= 15 is 0 Å². The number of carboxylic acids is 1. The minimum Gasteiger partial charge on any atom is -0.481 e. The van der Waals surface area contributed by atoms with Crippen molar-refractivity contribution in [1.82, 2.24) is 9.80 Å². The number of carbonyl (C=O) groups is 3. The van der Waals surface area contributed by atoms with Gasteiger partial charge in [-0.25, -0.2) is 4.39 Å². The second-order valence-electron chi connectivity index (χ2n) is 7.42. The first-order chi connectivity index (χ1) is 12.8. The predicted octanol–water partition coefficient (Wildman–Crippen LogP) is 2.64. The summed E-state index contributed by atoms with van der Waals surface area (Å²) in [4.78, 5) is 39.7. The topological polar surface area (TPSA) is 77.9 Å². The Morgan fingerprint density at radius 3 is 2.52 bits per heavy atom. The molecule has 0 radical (unpaired) electrons. The maximum atomic E-state index is 13.1. The van der Waals surface area contributed by atoms with E-state index < -0.39 is 11.8 Å². The van der Waals surface area contributed by atoms with Gasteiger partial charge in [-0.1, -0.05) is 13.8 Å². The highest BCUT2D eigenvalue weighted by atomic mass is 19.1. The number of hydrogen-bond acceptors (Lipinski definition) is 3. The van der Waals surface area contributed by atoms with Crippen molar-refractivity contribution in [2.24, 2.45) is 11.8 Å². The highest BCUT2D eigenvalue weighted by Gasteiger charge is 2.32. The molecule has 1 N–H and O–H groups in total. The molecule has 27 heavy (non-hydrogen) atoms. The molecule has 0 bridgehead atoms. The van der Waals surface area contributed by atoms with Crippen LogP contribution >= 0.6 is 0 Å². The molecule has 1 aromatic rings. The van der Waals surface area contributed by atoms with Gasteiger partial charge in [0.25, 0.3) is 5.91 Å². The lowest BCUT2D eigenvalue weighted by molar-refractivity contribution is -0.140. The molecule has 0 aliphatic carbocycles. The molecular weight excluding hydrogens is 351 g/mol. The van der Waals surface area contributed by atoms with E-state index in [0.29, 0.717) is 38.0 Å². The summed E-state index contributed by atoms with van der Waals surface area (Å²) in [6, 6.07) is 5.38. The normalized spacial score (nSPS) is 17.0. The Morgan fingerprint density at radius 2 is 1.93 bits per heavy atom. The van der Waals surface area contributed by atoms with Gasteiger partial charge in [0.05, 0.1) is 12.3 Å². The van der Waals surface area contributed by atoms with Gasteiger partial charge in [0.15, 0.2) is 0 Å². The second kappa shape index (κ2) is 9.48. The van der Waals surface area contributed by atoms with Gasteiger partial charge >= 0.3 is 5.97 Å². The average molecular weight is 378 g/mol. The molecule has 1 saturated heterocycles. The van der Waals surface area contributed by atoms with Crippen LogP contribution in [0.2, 0.25) is 0 Å². The minimum absolute atomic E-state index is 0.0938. The molecule has 0 aromatic heterocycles. The largest absolute Gasteiger partial charge is 0.481 e. The fraction of sp³-hybridized carbons (Fsp3) is 0.550. The van der Waals surface area contributed by atoms with Gasteiger partial charge in [-0.05, 0) is 43.0 Å². The summed E-state index contributed by atoms with van der Waals surface area (Å²) in [5.41, 5.74) is 0.398. The van der Waals surface area contributed by atoms with E-state index in [1.807, 2.05) is 13.8 Å². The van der Waals surface area contributed by atoms with Crippen molar-refractivity contribution in [1.29, 1.82) is 0 Å². The molecule has 1 atom stereocenters. The Hall–Kier alpha value is -2.44. The third kappa shape index (κ3) is 6.05. The van der Waals surface area contributed by atoms with Gasteiger partial charge in [-0.3, -0.25) is 14.4 Å². The summed E-state index contributed by atoms with van der Waals surface area (Å²) >= 11 is 0. The van der Waals surface area contributed by atoms with Crippen LogP contribution in [0.4, 0.5) is 4.39 Å². The van der Waals surface area contributed by atoms with Crippen LogP contribution in [0.3, 0.4) is 0 Å². The Bertz CT molecular complexity index is 675. The number of likely N-dealkylation sites (tertiary alicyclic amines) is 1. The summed E-state index contributed by atoms with van der Waals surface area (Å²) < 4.78 is 13.1. The summed E-state index contributed by atoms with van der Waals surface area (Å²) in [6.45, 7) is 5.48. The van der Waals surface area contributed by atoms with Crippen molar-refractivity contribution in [3.8, 4) is 0 Å². The number of amides is 2. The first-order valence-corrected chi connectivity index (χ1v) is 9.33. The average Bonchev–Trinajstić information content (AvgIpc) is 2.64. The summed E-state index contributed by atoms with van der Waals surface area (Å²) in [7, 11) is 0. The zero-order valence-electron chi connectivity index (χ0n) is 15.9. The lowest BCUT2D eigenvalue weighted by atomic mass is 9.95. The molecule has 1 fully saturated rings. The maximum absolute atomic E-state index is 13.1. The van der Waals surface area contributed by atoms with Crippen molar-refractivity contribution < 1.29 is 23.9 Å². The Kier molecular flexibility index (Phi) is 7.33. The molecule has 7 heteroatoms. The Labute approximate surface area is 158 Å². The van der Waals surface area contributed by atoms with E-state index in [0.717, 1.165) is 0 Å². The van der Waals surface area contributed by atoms with Crippen molar-refractivity contribution in [2.75, 3.05) is 26.2 Å². The number of carboxylic acid groups (broad SMARTS) is 1. The van der Waals surface area contributed by atoms with Crippen LogP contribution in [0, 0.1) is 17.7 Å². The number of hydrogen-bond donors (Lipinski definition) is 1. The van der Waals surface area contributed by atoms with Gasteiger partial charge in [-0.2, -0.15) is 0 Å². The van der Waals surface area contributed by atoms with Crippen LogP contribution < -0.4 is 0 Å². The standard InChI is InChI=1S/C20H27FN2O4/c1-14(2)12-23(11-9-18(24)25)20(27)16-4-3-10-22(13-16)19(26)15-5-7-17(21)8-6-15/h5-8,14,16H,3-4,9-13H2,1-2H3,(H,24,25). The number of halogens is 1. The number of nitrogens with zero attached hydrogens (tertiary/aromatic N) is 2. The third-order valence-electron chi connectivity index (χ3n) is 4.64. The SMILES string of the molecule is CC(C)CN(CCC(=O)O)C(=O)C1CCCN(C(=O)c2ccc(F)cc2)C1. The molecule has 2 amide bonds. The van der Waals surface area contributed by atoms with E-state index in [1.165, 1.54) is 24.3 Å². The second-order valence-corrected chi connectivity index (χ2v) is 7.42. The molecule has 1 aromatic carbocycles. The maximum Gasteiger partial charge on any atom is 0.305 e. The lowest BCUT2D eigenvalue weighted by Crippen LogP contribution is -2.48. The molecule has 2 rings (SSSR count). The van der Waals surface area contributed by atoms with E-state index in [4.69, 9.17) is 5.11 Å². The monoisotopic (exact) mass is 378 g/mol. The zero-order valence-corrected chi connectivity index (χ0v) is 15.9. The summed E-state index contributed by atoms with van der Waals surface area (Å²) in [5.74, 6) is -1.76. The molecule has 0 spiro atoms. The van der Waals surface area contributed by atoms with Crippen LogP contribution in [0.15, 0.2) is 24.3 Å². The van der Waals surface area contributed by atoms with Crippen LogP contribution in [0.25, 0.3) is 0 Å². The van der Waals surface area contributed by atoms with E-state index in [-0.39, 0.29) is 36.6 Å². The first-order valence-electron chi connectivity index (χ1n) is 9.33. The van der Waals surface area contributed by atoms with Crippen molar-refractivity contribution in [3.05, 3.63) is 35.6 Å². The van der Waals surface area contributed by atoms with Crippen molar-refractivity contribution in [2.45, 2.75) is 33.1 Å². The van der Waals surface area contributed by atoms with Gasteiger partial charge in [0.2, 0.25) is 5.91 Å². The van der Waals surface area contributed by atoms with E-state index in [1.54, 1.807) is 9.80 Å². The van der Waals surface area contributed by atoms with E-state index in [2.05, 4.69) is 0 Å². The molecule has 1 unspecified atom stereocenters. The molecule has 0 saturated carbocycles. The first kappa shape index (κ1) is 20.9. The number of benzene rings is 1. The van der Waals surface area contributed by atoms with Gasteiger partial charge in [0.1, 0.15) is 5.82 Å². The van der Waals surface area contributed by atoms with Gasteiger partial charge in [0, 0.05) is 31.7 Å². The lowest BCUT2D eigenvalue weighted by Gasteiger charge is -2.35. The summed E-state index contributed by atoms with van der Waals surface area (Å²) in [5, 5.41) is 8.93. The fourth-order valence-electron chi connectivity index (χ4n) is 3.36. The van der Waals surface area contributed by atoms with Crippen LogP contribution in [-0.4, -0.2) is 58.9 Å². The molecule has 1 aliphatic heterocycles. The molecule has 1 aliphatic rings. The third-order valence-corrected chi connectivity index (χ3v) is 4.64. The molecule has 6 nitrogen and oxygen atoms in total. The quantitative estimate of drug-likeness (QED) is 0.791. The minimum atomic E-state index is -0.937. The van der Waals surface area contributed by atoms with Crippen LogP contribution in [-0.2, 0) is 9.59 Å². The van der Waals surface area contributed by atoms with Crippen LogP contribution in [0.5, 0.6) is 0 Å². The Morgan fingerprint density at radius 1 is 1.26 bits per heavy atom. The van der Waals surface area contributed by atoms with Crippen LogP contribution in [0.1, 0.15) is 43.5 Å². The number of rotatable bonds is 7. The zero-order chi connectivity index (χ0) is 20.0. The highest BCUT2D eigenvalue weighted by Crippen LogP contribution is 2.21. The number of aliphatic carboxylic acids is 1.